The van der Waals surface area contributed by atoms with Gasteiger partial charge in [-0.05, 0) is 17.7 Å². The Bertz CT molecular complexity index is 1280. The Labute approximate surface area is 222 Å². The third kappa shape index (κ3) is 7.88. The normalized spacial score (nSPS) is 16.5. The maximum atomic E-state index is 13.0. The number of sulfone groups is 1. The first-order chi connectivity index (χ1) is 17.8. The molecular weight excluding hydrogens is 512 g/mol. The summed E-state index contributed by atoms with van der Waals surface area (Å²) < 4.78 is 34.4. The molecule has 2 aromatic carbocycles. The highest BCUT2D eigenvalue weighted by Crippen LogP contribution is 2.28. The number of amides is 1. The van der Waals surface area contributed by atoms with Crippen molar-refractivity contribution in [3.63, 3.8) is 0 Å². The fourth-order valence-corrected chi connectivity index (χ4v) is 6.59. The van der Waals surface area contributed by atoms with E-state index in [2.05, 4.69) is 27.3 Å². The summed E-state index contributed by atoms with van der Waals surface area (Å²) in [6.45, 7) is 3.08. The minimum Gasteiger partial charge on any atom is -0.491 e. The summed E-state index contributed by atoms with van der Waals surface area (Å²) in [6, 6.07) is 15.5. The Hall–Kier alpha value is -2.73. The van der Waals surface area contributed by atoms with Crippen molar-refractivity contribution in [2.24, 2.45) is 0 Å². The van der Waals surface area contributed by atoms with Gasteiger partial charge in [-0.3, -0.25) is 4.79 Å². The molecule has 1 unspecified atom stereocenters. The van der Waals surface area contributed by atoms with Crippen LogP contribution >= 0.6 is 11.8 Å². The monoisotopic (exact) mass is 546 g/mol. The number of thioether (sulfide) groups is 1. The van der Waals surface area contributed by atoms with E-state index in [-0.39, 0.29) is 22.7 Å². The highest BCUT2D eigenvalue weighted by molar-refractivity contribution is 7.99. The third-order valence-corrected chi connectivity index (χ3v) is 9.15. The van der Waals surface area contributed by atoms with Gasteiger partial charge in [-0.15, -0.1) is 0 Å². The first-order valence-electron chi connectivity index (χ1n) is 12.2. The van der Waals surface area contributed by atoms with E-state index in [1.807, 2.05) is 24.3 Å². The molecule has 0 radical (unpaired) electrons. The number of aromatic amines is 1. The van der Waals surface area contributed by atoms with Crippen molar-refractivity contribution < 1.29 is 22.7 Å². The average Bonchev–Trinajstić information content (AvgIpc) is 3.32. The maximum Gasteiger partial charge on any atom is 0.267 e. The lowest BCUT2D eigenvalue weighted by Gasteiger charge is -2.30. The third-order valence-electron chi connectivity index (χ3n) is 6.25. The number of hydrogen-bond acceptors (Lipinski definition) is 8. The second-order valence-corrected chi connectivity index (χ2v) is 12.7. The second-order valence-electron chi connectivity index (χ2n) is 9.08. The molecule has 1 aliphatic heterocycles. The number of rotatable bonds is 12. The smallest absolute Gasteiger partial charge is 0.267 e. The molecule has 4 N–H and O–H groups in total. The van der Waals surface area contributed by atoms with Gasteiger partial charge < -0.3 is 30.4 Å². The molecule has 11 heteroatoms. The zero-order valence-corrected chi connectivity index (χ0v) is 22.6. The van der Waals surface area contributed by atoms with Gasteiger partial charge in [0.25, 0.3) is 5.91 Å². The standard InChI is InChI=1S/C26H34N4O5S2/c1-34-9-10-35-21-13-20-14-24(29-25(20)23(27)15-21)26(31)28-16-22(36-18-19-5-3-2-4-6-19)17-30-7-11-37(32,33)12-8-30/h2-6,13-15,22,29H,7-12,16-18,27H2,1H3,(H,28,31). The van der Waals surface area contributed by atoms with Crippen molar-refractivity contribution >= 4 is 44.1 Å². The molecular formula is C26H34N4O5S2. The second kappa shape index (κ2) is 12.7. The Morgan fingerprint density at radius 3 is 2.65 bits per heavy atom. The van der Waals surface area contributed by atoms with Crippen LogP contribution in [0.15, 0.2) is 48.5 Å². The number of carbonyl (C=O) groups is 1. The lowest BCUT2D eigenvalue weighted by Crippen LogP contribution is -2.45. The van der Waals surface area contributed by atoms with Crippen LogP contribution in [0.1, 0.15) is 16.1 Å². The maximum absolute atomic E-state index is 13.0. The lowest BCUT2D eigenvalue weighted by molar-refractivity contribution is 0.0948. The van der Waals surface area contributed by atoms with Crippen LogP contribution in [0.5, 0.6) is 5.75 Å². The van der Waals surface area contributed by atoms with Crippen molar-refractivity contribution in [3.05, 3.63) is 59.8 Å². The van der Waals surface area contributed by atoms with Crippen LogP contribution in [0.25, 0.3) is 10.9 Å². The van der Waals surface area contributed by atoms with Gasteiger partial charge in [0.1, 0.15) is 18.1 Å². The number of benzene rings is 2. The van der Waals surface area contributed by atoms with Crippen molar-refractivity contribution in [1.29, 1.82) is 0 Å². The van der Waals surface area contributed by atoms with Gasteiger partial charge in [0.2, 0.25) is 0 Å². The minimum atomic E-state index is -2.94. The van der Waals surface area contributed by atoms with E-state index < -0.39 is 9.84 Å². The number of nitrogen functional groups attached to an aromatic ring is 1. The number of H-pyrrole nitrogens is 1. The van der Waals surface area contributed by atoms with Gasteiger partial charge in [-0.25, -0.2) is 8.42 Å². The van der Waals surface area contributed by atoms with E-state index in [1.165, 1.54) is 5.56 Å². The molecule has 37 heavy (non-hydrogen) atoms. The van der Waals surface area contributed by atoms with E-state index >= 15 is 0 Å². The largest absolute Gasteiger partial charge is 0.491 e. The Kier molecular flexibility index (Phi) is 9.36. The van der Waals surface area contributed by atoms with Gasteiger partial charge in [-0.1, -0.05) is 30.3 Å². The summed E-state index contributed by atoms with van der Waals surface area (Å²) in [5.74, 6) is 1.58. The molecule has 1 fully saturated rings. The first-order valence-corrected chi connectivity index (χ1v) is 15.1. The summed E-state index contributed by atoms with van der Waals surface area (Å²) in [4.78, 5) is 18.3. The Morgan fingerprint density at radius 1 is 1.16 bits per heavy atom. The van der Waals surface area contributed by atoms with E-state index in [1.54, 1.807) is 31.0 Å². The van der Waals surface area contributed by atoms with Crippen molar-refractivity contribution in [2.45, 2.75) is 11.0 Å². The highest BCUT2D eigenvalue weighted by Gasteiger charge is 2.24. The molecule has 9 nitrogen and oxygen atoms in total. The van der Waals surface area contributed by atoms with Gasteiger partial charge in [0, 0.05) is 55.7 Å². The molecule has 1 atom stereocenters. The predicted octanol–water partition coefficient (Wildman–Crippen LogP) is 2.54. The molecule has 0 bridgehead atoms. The van der Waals surface area contributed by atoms with Gasteiger partial charge >= 0.3 is 0 Å². The van der Waals surface area contributed by atoms with E-state index in [9.17, 15) is 13.2 Å². The van der Waals surface area contributed by atoms with Crippen LogP contribution in [0.2, 0.25) is 0 Å². The molecule has 0 saturated carbocycles. The zero-order valence-electron chi connectivity index (χ0n) is 20.9. The summed E-state index contributed by atoms with van der Waals surface area (Å²) >= 11 is 1.76. The molecule has 1 aromatic heterocycles. The SMILES string of the molecule is COCCOc1cc(N)c2[nH]c(C(=O)NCC(CN3CCS(=O)(=O)CC3)SCc3ccccc3)cc2c1. The van der Waals surface area contributed by atoms with Crippen LogP contribution in [0, 0.1) is 0 Å². The van der Waals surface area contributed by atoms with Crippen molar-refractivity contribution in [3.8, 4) is 5.75 Å². The fraction of sp³-hybridized carbons (Fsp3) is 0.423. The lowest BCUT2D eigenvalue weighted by atomic mass is 10.2. The molecule has 0 aliphatic carbocycles. The van der Waals surface area contributed by atoms with Crippen LogP contribution in [-0.4, -0.2) is 87.5 Å². The number of methoxy groups -OCH3 is 1. The van der Waals surface area contributed by atoms with Crippen molar-refractivity contribution in [1.82, 2.24) is 15.2 Å². The van der Waals surface area contributed by atoms with Gasteiger partial charge in [0.05, 0.1) is 29.3 Å². The fourth-order valence-electron chi connectivity index (χ4n) is 4.18. The molecule has 0 spiro atoms. The Balaban J connectivity index is 1.40. The van der Waals surface area contributed by atoms with Crippen molar-refractivity contribution in [2.75, 3.05) is 63.7 Å². The minimum absolute atomic E-state index is 0.0974. The van der Waals surface area contributed by atoms with Crippen LogP contribution < -0.4 is 15.8 Å². The summed E-state index contributed by atoms with van der Waals surface area (Å²) in [5.41, 5.74) is 9.01. The number of ether oxygens (including phenoxy) is 2. The number of nitrogens with one attached hydrogen (secondary N) is 2. The quantitative estimate of drug-likeness (QED) is 0.234. The molecule has 4 rings (SSSR count). The number of nitrogens with zero attached hydrogens (tertiary/aromatic N) is 1. The zero-order chi connectivity index (χ0) is 26.3. The molecule has 1 amide bonds. The van der Waals surface area contributed by atoms with Crippen LogP contribution in [0.3, 0.4) is 0 Å². The molecule has 3 aromatic rings. The molecule has 200 valence electrons. The highest BCUT2D eigenvalue weighted by atomic mass is 32.2. The molecule has 1 saturated heterocycles. The van der Waals surface area contributed by atoms with E-state index in [4.69, 9.17) is 15.2 Å². The number of hydrogen-bond donors (Lipinski definition) is 3. The first kappa shape index (κ1) is 27.3. The Morgan fingerprint density at radius 2 is 1.92 bits per heavy atom. The van der Waals surface area contributed by atoms with E-state index in [0.29, 0.717) is 62.0 Å². The number of nitrogens with two attached hydrogens (primary N) is 1. The predicted molar refractivity (Wildman–Crippen MR) is 149 cm³/mol. The molecule has 2 heterocycles. The van der Waals surface area contributed by atoms with Gasteiger partial charge in [0.15, 0.2) is 9.84 Å². The van der Waals surface area contributed by atoms with Gasteiger partial charge in [-0.2, -0.15) is 11.8 Å². The van der Waals surface area contributed by atoms with E-state index in [0.717, 1.165) is 11.1 Å². The number of carbonyl (C=O) groups excluding carboxylic acids is 1. The van der Waals surface area contributed by atoms with Crippen LogP contribution in [0.4, 0.5) is 5.69 Å². The average molecular weight is 547 g/mol. The molecule has 1 aliphatic rings. The topological polar surface area (TPSA) is 127 Å². The van der Waals surface area contributed by atoms with Crippen LogP contribution in [-0.2, 0) is 20.3 Å². The number of fused-ring (bicyclic) bond motifs is 1. The number of aromatic nitrogens is 1. The summed E-state index contributed by atoms with van der Waals surface area (Å²) in [7, 11) is -1.33. The summed E-state index contributed by atoms with van der Waals surface area (Å²) in [6.07, 6.45) is 0. The number of anilines is 1. The summed E-state index contributed by atoms with van der Waals surface area (Å²) in [5, 5.41) is 3.94.